The predicted octanol–water partition coefficient (Wildman–Crippen LogP) is 3.21. The molecular weight excluding hydrogens is 316 g/mol. The van der Waals surface area contributed by atoms with Crippen LogP contribution in [0.5, 0.6) is 0 Å². The second kappa shape index (κ2) is 6.64. The van der Waals surface area contributed by atoms with E-state index in [9.17, 15) is 4.79 Å². The normalized spacial score (nSPS) is 23.7. The first-order chi connectivity index (χ1) is 12.1. The van der Waals surface area contributed by atoms with Gasteiger partial charge < -0.3 is 14.2 Å². The third-order valence-corrected chi connectivity index (χ3v) is 5.31. The zero-order chi connectivity index (χ0) is 17.4. The third-order valence-electron chi connectivity index (χ3n) is 5.31. The Kier molecular flexibility index (Phi) is 4.34. The van der Waals surface area contributed by atoms with Gasteiger partial charge in [-0.15, -0.1) is 0 Å². The number of rotatable bonds is 4. The monoisotopic (exact) mass is 340 g/mol. The van der Waals surface area contributed by atoms with Gasteiger partial charge in [0.25, 0.3) is 0 Å². The summed E-state index contributed by atoms with van der Waals surface area (Å²) in [5.41, 5.74) is 2.86. The maximum atomic E-state index is 12.9. The first-order valence-electron chi connectivity index (χ1n) is 9.01. The van der Waals surface area contributed by atoms with Crippen molar-refractivity contribution >= 4 is 5.91 Å². The molecule has 1 aromatic heterocycles. The van der Waals surface area contributed by atoms with Gasteiger partial charge in [-0.3, -0.25) is 4.79 Å². The average molecular weight is 340 g/mol. The first-order valence-corrected chi connectivity index (χ1v) is 9.01. The summed E-state index contributed by atoms with van der Waals surface area (Å²) < 4.78 is 11.5. The van der Waals surface area contributed by atoms with E-state index in [2.05, 4.69) is 17.3 Å². The summed E-state index contributed by atoms with van der Waals surface area (Å²) in [7, 11) is 0. The van der Waals surface area contributed by atoms with Crippen LogP contribution in [0.1, 0.15) is 41.5 Å². The molecule has 4 rings (SSSR count). The van der Waals surface area contributed by atoms with Gasteiger partial charge in [0, 0.05) is 12.1 Å². The van der Waals surface area contributed by atoms with Crippen LogP contribution >= 0.6 is 0 Å². The lowest BCUT2D eigenvalue weighted by atomic mass is 10.0. The number of carbonyl (C=O) groups is 1. The Morgan fingerprint density at radius 2 is 1.96 bits per heavy atom. The topological polar surface area (TPSA) is 55.6 Å². The van der Waals surface area contributed by atoms with Crippen molar-refractivity contribution in [2.75, 3.05) is 13.1 Å². The number of hydrogen-bond acceptors (Lipinski definition) is 4. The lowest BCUT2D eigenvalue weighted by Crippen LogP contribution is -2.48. The number of benzene rings is 1. The quantitative estimate of drug-likeness (QED) is 0.857. The molecule has 132 valence electrons. The van der Waals surface area contributed by atoms with E-state index in [4.69, 9.17) is 9.26 Å². The molecule has 1 aromatic carbocycles. The van der Waals surface area contributed by atoms with Gasteiger partial charge >= 0.3 is 0 Å². The number of aryl methyl sites for hydroxylation is 2. The van der Waals surface area contributed by atoms with Crippen molar-refractivity contribution in [3.63, 3.8) is 0 Å². The van der Waals surface area contributed by atoms with Crippen molar-refractivity contribution in [1.29, 1.82) is 0 Å². The van der Waals surface area contributed by atoms with Gasteiger partial charge in [0.1, 0.15) is 11.9 Å². The largest absolute Gasteiger partial charge is 0.366 e. The van der Waals surface area contributed by atoms with Crippen molar-refractivity contribution < 1.29 is 14.1 Å². The van der Waals surface area contributed by atoms with Gasteiger partial charge in [0.15, 0.2) is 0 Å². The van der Waals surface area contributed by atoms with E-state index in [0.717, 1.165) is 22.6 Å². The zero-order valence-corrected chi connectivity index (χ0v) is 14.8. The Bertz CT molecular complexity index is 732. The Morgan fingerprint density at radius 1 is 1.20 bits per heavy atom. The molecule has 1 amide bonds. The van der Waals surface area contributed by atoms with Crippen molar-refractivity contribution in [1.82, 2.24) is 10.1 Å². The Morgan fingerprint density at radius 3 is 2.60 bits per heavy atom. The number of hydrogen-bond donors (Lipinski definition) is 0. The molecule has 5 nitrogen and oxygen atoms in total. The second-order valence-electron chi connectivity index (χ2n) is 7.19. The number of aromatic nitrogens is 1. The molecule has 1 saturated carbocycles. The highest BCUT2D eigenvalue weighted by Crippen LogP contribution is 2.39. The van der Waals surface area contributed by atoms with E-state index in [1.807, 2.05) is 36.9 Å². The molecule has 2 atom stereocenters. The van der Waals surface area contributed by atoms with Crippen LogP contribution in [0.25, 0.3) is 0 Å². The van der Waals surface area contributed by atoms with Crippen LogP contribution in [0.4, 0.5) is 0 Å². The molecule has 0 spiro atoms. The van der Waals surface area contributed by atoms with Gasteiger partial charge in [-0.05, 0) is 38.2 Å². The Hall–Kier alpha value is -2.14. The molecule has 2 heterocycles. The minimum atomic E-state index is -0.0471. The van der Waals surface area contributed by atoms with E-state index in [-0.39, 0.29) is 18.1 Å². The number of amides is 1. The summed E-state index contributed by atoms with van der Waals surface area (Å²) >= 11 is 0. The minimum absolute atomic E-state index is 0.0471. The number of morpholine rings is 1. The molecule has 25 heavy (non-hydrogen) atoms. The molecular formula is C20H24N2O3. The summed E-state index contributed by atoms with van der Waals surface area (Å²) in [4.78, 5) is 14.9. The van der Waals surface area contributed by atoms with E-state index in [1.54, 1.807) is 0 Å². The second-order valence-corrected chi connectivity index (χ2v) is 7.19. The standard InChI is InChI=1S/C20H24N2O3/c1-13-17(14(2)25-21-13)10-20(23)22-11-18(15-6-4-3-5-7-15)24-19(12-22)16-8-9-16/h3-7,16,18-19H,8-12H2,1-2H3/t18-,19+/m0/s1. The Labute approximate surface area is 147 Å². The van der Waals surface area contributed by atoms with E-state index in [1.165, 1.54) is 12.8 Å². The van der Waals surface area contributed by atoms with Gasteiger partial charge in [0.2, 0.25) is 5.91 Å². The van der Waals surface area contributed by atoms with Crippen molar-refractivity contribution in [3.05, 3.63) is 52.9 Å². The number of ether oxygens (including phenoxy) is 1. The van der Waals surface area contributed by atoms with Gasteiger partial charge in [-0.1, -0.05) is 35.5 Å². The third kappa shape index (κ3) is 3.47. The molecule has 1 aliphatic heterocycles. The smallest absolute Gasteiger partial charge is 0.227 e. The molecule has 0 N–H and O–H groups in total. The molecule has 2 aliphatic rings. The maximum absolute atomic E-state index is 12.9. The lowest BCUT2D eigenvalue weighted by Gasteiger charge is -2.38. The van der Waals surface area contributed by atoms with Crippen LogP contribution in [0.15, 0.2) is 34.9 Å². The summed E-state index contributed by atoms with van der Waals surface area (Å²) in [5.74, 6) is 1.46. The molecule has 2 aromatic rings. The molecule has 5 heteroatoms. The molecule has 0 bridgehead atoms. The lowest BCUT2D eigenvalue weighted by molar-refractivity contribution is -0.147. The number of carbonyl (C=O) groups excluding carboxylic acids is 1. The first kappa shape index (κ1) is 16.3. The fourth-order valence-electron chi connectivity index (χ4n) is 3.59. The highest BCUT2D eigenvalue weighted by atomic mass is 16.5. The van der Waals surface area contributed by atoms with Crippen LogP contribution in [-0.4, -0.2) is 35.2 Å². The average Bonchev–Trinajstić information content (AvgIpc) is 3.45. The molecule has 2 fully saturated rings. The van der Waals surface area contributed by atoms with Crippen LogP contribution in [0.3, 0.4) is 0 Å². The molecule has 1 aliphatic carbocycles. The summed E-state index contributed by atoms with van der Waals surface area (Å²) in [5, 5.41) is 3.96. The zero-order valence-electron chi connectivity index (χ0n) is 14.8. The van der Waals surface area contributed by atoms with Crippen LogP contribution in [0.2, 0.25) is 0 Å². The molecule has 0 unspecified atom stereocenters. The summed E-state index contributed by atoms with van der Waals surface area (Å²) in [6.45, 7) is 5.05. The maximum Gasteiger partial charge on any atom is 0.227 e. The fourth-order valence-corrected chi connectivity index (χ4v) is 3.59. The van der Waals surface area contributed by atoms with Gasteiger partial charge in [0.05, 0.1) is 24.8 Å². The van der Waals surface area contributed by atoms with Crippen molar-refractivity contribution in [2.24, 2.45) is 5.92 Å². The van der Waals surface area contributed by atoms with E-state index < -0.39 is 0 Å². The van der Waals surface area contributed by atoms with E-state index >= 15 is 0 Å². The van der Waals surface area contributed by atoms with Crippen LogP contribution < -0.4 is 0 Å². The summed E-state index contributed by atoms with van der Waals surface area (Å²) in [6, 6.07) is 10.2. The van der Waals surface area contributed by atoms with Gasteiger partial charge in [-0.25, -0.2) is 0 Å². The molecule has 0 radical (unpaired) electrons. The Balaban J connectivity index is 1.52. The van der Waals surface area contributed by atoms with Gasteiger partial charge in [-0.2, -0.15) is 0 Å². The molecule has 1 saturated heterocycles. The van der Waals surface area contributed by atoms with Crippen molar-refractivity contribution in [2.45, 2.75) is 45.3 Å². The minimum Gasteiger partial charge on any atom is -0.366 e. The SMILES string of the molecule is Cc1noc(C)c1CC(=O)N1C[C@@H](c2ccccc2)O[C@@H](C2CC2)C1. The highest BCUT2D eigenvalue weighted by molar-refractivity contribution is 5.79. The van der Waals surface area contributed by atoms with Crippen molar-refractivity contribution in [3.8, 4) is 0 Å². The van der Waals surface area contributed by atoms with E-state index in [0.29, 0.717) is 25.4 Å². The predicted molar refractivity (Wildman–Crippen MR) is 93.0 cm³/mol. The fraction of sp³-hybridized carbons (Fsp3) is 0.500. The van der Waals surface area contributed by atoms with Crippen LogP contribution in [-0.2, 0) is 16.0 Å². The summed E-state index contributed by atoms with van der Waals surface area (Å²) in [6.07, 6.45) is 2.86. The number of nitrogens with zero attached hydrogens (tertiary/aromatic N) is 2. The highest BCUT2D eigenvalue weighted by Gasteiger charge is 2.40. The van der Waals surface area contributed by atoms with Crippen LogP contribution in [0, 0.1) is 19.8 Å².